The molecular formula is C6H6BrNOS. The highest BCUT2D eigenvalue weighted by Crippen LogP contribution is 2.24. The van der Waals surface area contributed by atoms with Crippen molar-refractivity contribution in [1.82, 2.24) is 0 Å². The quantitative estimate of drug-likeness (QED) is 0.771. The zero-order chi connectivity index (χ0) is 7.56. The third kappa shape index (κ3) is 1.65. The summed E-state index contributed by atoms with van der Waals surface area (Å²) in [6, 6.07) is 3.26. The SMILES string of the molecule is NC(C=O)c1ccc(Br)s1. The Balaban J connectivity index is 2.84. The van der Waals surface area contributed by atoms with E-state index in [0.717, 1.165) is 14.9 Å². The summed E-state index contributed by atoms with van der Waals surface area (Å²) >= 11 is 4.76. The lowest BCUT2D eigenvalue weighted by atomic mass is 10.3. The number of aldehydes is 1. The van der Waals surface area contributed by atoms with Gasteiger partial charge in [-0.3, -0.25) is 0 Å². The molecule has 54 valence electrons. The summed E-state index contributed by atoms with van der Waals surface area (Å²) in [7, 11) is 0. The van der Waals surface area contributed by atoms with Crippen LogP contribution in [0.25, 0.3) is 0 Å². The summed E-state index contributed by atoms with van der Waals surface area (Å²) in [5.74, 6) is 0. The van der Waals surface area contributed by atoms with Crippen molar-refractivity contribution in [1.29, 1.82) is 0 Å². The van der Waals surface area contributed by atoms with Crippen molar-refractivity contribution in [2.75, 3.05) is 0 Å². The Morgan fingerprint density at radius 1 is 1.70 bits per heavy atom. The second-order valence-electron chi connectivity index (χ2n) is 1.80. The van der Waals surface area contributed by atoms with Crippen LogP contribution in [0.3, 0.4) is 0 Å². The number of thiophene rings is 1. The van der Waals surface area contributed by atoms with Crippen LogP contribution >= 0.6 is 27.3 Å². The summed E-state index contributed by atoms with van der Waals surface area (Å²) in [4.78, 5) is 11.1. The van der Waals surface area contributed by atoms with Crippen molar-refractivity contribution in [3.63, 3.8) is 0 Å². The molecule has 0 amide bonds. The van der Waals surface area contributed by atoms with Gasteiger partial charge in [-0.15, -0.1) is 11.3 Å². The molecule has 1 rings (SSSR count). The third-order valence-electron chi connectivity index (χ3n) is 1.07. The van der Waals surface area contributed by atoms with Gasteiger partial charge in [0.1, 0.15) is 6.29 Å². The van der Waals surface area contributed by atoms with E-state index in [0.29, 0.717) is 0 Å². The van der Waals surface area contributed by atoms with Gasteiger partial charge in [0.25, 0.3) is 0 Å². The molecule has 1 heterocycles. The third-order valence-corrected chi connectivity index (χ3v) is 2.79. The highest BCUT2D eigenvalue weighted by Gasteiger charge is 2.05. The van der Waals surface area contributed by atoms with E-state index in [2.05, 4.69) is 15.9 Å². The zero-order valence-corrected chi connectivity index (χ0v) is 7.48. The van der Waals surface area contributed by atoms with Gasteiger partial charge in [-0.2, -0.15) is 0 Å². The molecule has 10 heavy (non-hydrogen) atoms. The molecule has 2 nitrogen and oxygen atoms in total. The maximum atomic E-state index is 10.2. The molecule has 0 aliphatic rings. The summed E-state index contributed by atoms with van der Waals surface area (Å²) in [6.07, 6.45) is 0.734. The Morgan fingerprint density at radius 2 is 2.40 bits per heavy atom. The molecule has 0 bridgehead atoms. The van der Waals surface area contributed by atoms with Gasteiger partial charge in [0.05, 0.1) is 9.83 Å². The van der Waals surface area contributed by atoms with Crippen LogP contribution in [0.2, 0.25) is 0 Å². The second kappa shape index (κ2) is 3.27. The molecule has 0 saturated carbocycles. The first-order valence-corrected chi connectivity index (χ1v) is 4.31. The molecule has 0 fully saturated rings. The first kappa shape index (κ1) is 7.91. The van der Waals surface area contributed by atoms with Crippen LogP contribution < -0.4 is 5.73 Å². The maximum absolute atomic E-state index is 10.2. The predicted molar refractivity (Wildman–Crippen MR) is 45.0 cm³/mol. The van der Waals surface area contributed by atoms with Crippen LogP contribution in [0.5, 0.6) is 0 Å². The van der Waals surface area contributed by atoms with Gasteiger partial charge in [-0.05, 0) is 28.1 Å². The van der Waals surface area contributed by atoms with E-state index in [1.165, 1.54) is 11.3 Å². The van der Waals surface area contributed by atoms with E-state index in [9.17, 15) is 4.79 Å². The van der Waals surface area contributed by atoms with Crippen LogP contribution in [0.1, 0.15) is 10.9 Å². The number of carbonyl (C=O) groups is 1. The van der Waals surface area contributed by atoms with Crippen molar-refractivity contribution in [2.24, 2.45) is 5.73 Å². The molecule has 2 N–H and O–H groups in total. The van der Waals surface area contributed by atoms with Gasteiger partial charge in [0.2, 0.25) is 0 Å². The van der Waals surface area contributed by atoms with Gasteiger partial charge in [-0.1, -0.05) is 0 Å². The number of hydrogen-bond acceptors (Lipinski definition) is 3. The minimum Gasteiger partial charge on any atom is -0.317 e. The standard InChI is InChI=1S/C6H6BrNOS/c7-6-2-1-5(10-6)4(8)3-9/h1-4H,8H2. The van der Waals surface area contributed by atoms with E-state index in [1.807, 2.05) is 12.1 Å². The van der Waals surface area contributed by atoms with E-state index in [4.69, 9.17) is 5.73 Å². The topological polar surface area (TPSA) is 43.1 Å². The number of carbonyl (C=O) groups excluding carboxylic acids is 1. The average Bonchev–Trinajstić information content (AvgIpc) is 2.34. The number of hydrogen-bond donors (Lipinski definition) is 1. The fraction of sp³-hybridized carbons (Fsp3) is 0.167. The van der Waals surface area contributed by atoms with Gasteiger partial charge in [0.15, 0.2) is 0 Å². The Hall–Kier alpha value is -0.190. The molecule has 0 radical (unpaired) electrons. The average molecular weight is 220 g/mol. The summed E-state index contributed by atoms with van der Waals surface area (Å²) < 4.78 is 1.000. The van der Waals surface area contributed by atoms with Gasteiger partial charge < -0.3 is 10.5 Å². The number of rotatable bonds is 2. The molecule has 1 atom stereocenters. The molecule has 4 heteroatoms. The molecule has 1 aromatic rings. The van der Waals surface area contributed by atoms with Crippen molar-refractivity contribution in [3.05, 3.63) is 20.8 Å². The highest BCUT2D eigenvalue weighted by atomic mass is 79.9. The monoisotopic (exact) mass is 219 g/mol. The van der Waals surface area contributed by atoms with E-state index in [1.54, 1.807) is 0 Å². The van der Waals surface area contributed by atoms with Crippen molar-refractivity contribution < 1.29 is 4.79 Å². The minimum atomic E-state index is -0.462. The molecule has 0 aromatic carbocycles. The van der Waals surface area contributed by atoms with Crippen LogP contribution in [-0.2, 0) is 4.79 Å². The van der Waals surface area contributed by atoms with Crippen LogP contribution in [0.15, 0.2) is 15.9 Å². The van der Waals surface area contributed by atoms with Crippen LogP contribution in [0.4, 0.5) is 0 Å². The molecule has 0 spiro atoms. The maximum Gasteiger partial charge on any atom is 0.142 e. The normalized spacial score (nSPS) is 13.0. The zero-order valence-electron chi connectivity index (χ0n) is 5.08. The van der Waals surface area contributed by atoms with Gasteiger partial charge in [0, 0.05) is 4.88 Å². The van der Waals surface area contributed by atoms with Crippen molar-refractivity contribution >= 4 is 33.6 Å². The molecule has 1 aromatic heterocycles. The fourth-order valence-electron chi connectivity index (χ4n) is 0.574. The molecule has 1 unspecified atom stereocenters. The Kier molecular flexibility index (Phi) is 2.59. The van der Waals surface area contributed by atoms with E-state index >= 15 is 0 Å². The van der Waals surface area contributed by atoms with Crippen LogP contribution in [0, 0.1) is 0 Å². The molecule has 0 aliphatic carbocycles. The lowest BCUT2D eigenvalue weighted by Gasteiger charge is -1.95. The Labute approximate surface area is 71.2 Å². The lowest BCUT2D eigenvalue weighted by Crippen LogP contribution is -2.08. The predicted octanol–water partition coefficient (Wildman–Crippen LogP) is 1.71. The minimum absolute atomic E-state index is 0.462. The summed E-state index contributed by atoms with van der Waals surface area (Å²) in [5, 5.41) is 0. The fourth-order valence-corrected chi connectivity index (χ4v) is 1.96. The Bertz CT molecular complexity index is 235. The van der Waals surface area contributed by atoms with Gasteiger partial charge >= 0.3 is 0 Å². The van der Waals surface area contributed by atoms with Crippen molar-refractivity contribution in [2.45, 2.75) is 6.04 Å². The molecule has 0 saturated heterocycles. The second-order valence-corrected chi connectivity index (χ2v) is 4.30. The smallest absolute Gasteiger partial charge is 0.142 e. The van der Waals surface area contributed by atoms with Gasteiger partial charge in [-0.25, -0.2) is 0 Å². The molecule has 0 aliphatic heterocycles. The first-order valence-electron chi connectivity index (χ1n) is 2.70. The Morgan fingerprint density at radius 3 is 2.80 bits per heavy atom. The highest BCUT2D eigenvalue weighted by molar-refractivity contribution is 9.11. The molecular weight excluding hydrogens is 214 g/mol. The first-order chi connectivity index (χ1) is 4.74. The number of halogens is 1. The lowest BCUT2D eigenvalue weighted by molar-refractivity contribution is -0.108. The van der Waals surface area contributed by atoms with Crippen LogP contribution in [-0.4, -0.2) is 6.29 Å². The van der Waals surface area contributed by atoms with Crippen molar-refractivity contribution in [3.8, 4) is 0 Å². The largest absolute Gasteiger partial charge is 0.317 e. The number of nitrogens with two attached hydrogens (primary N) is 1. The summed E-state index contributed by atoms with van der Waals surface area (Å²) in [5.41, 5.74) is 5.43. The van der Waals surface area contributed by atoms with E-state index < -0.39 is 6.04 Å². The summed E-state index contributed by atoms with van der Waals surface area (Å²) in [6.45, 7) is 0. The van der Waals surface area contributed by atoms with E-state index in [-0.39, 0.29) is 0 Å².